The van der Waals surface area contributed by atoms with E-state index in [0.29, 0.717) is 10.8 Å². The molecule has 0 atom stereocenters. The van der Waals surface area contributed by atoms with E-state index < -0.39 is 5.97 Å². The molecule has 1 aromatic rings. The zero-order valence-corrected chi connectivity index (χ0v) is 19.9. The van der Waals surface area contributed by atoms with Crippen LogP contribution in [0.1, 0.15) is 79.9 Å². The summed E-state index contributed by atoms with van der Waals surface area (Å²) in [7, 11) is 4.13. The smallest absolute Gasteiger partial charge is 0.346 e. The molecule has 1 fully saturated rings. The highest BCUT2D eigenvalue weighted by Crippen LogP contribution is 2.43. The van der Waals surface area contributed by atoms with E-state index in [1.807, 2.05) is 0 Å². The van der Waals surface area contributed by atoms with Crippen LogP contribution < -0.4 is 0 Å². The summed E-state index contributed by atoms with van der Waals surface area (Å²) in [6.07, 6.45) is 6.05. The Bertz CT molecular complexity index is 770. The lowest BCUT2D eigenvalue weighted by Crippen LogP contribution is -2.35. The van der Waals surface area contributed by atoms with E-state index in [9.17, 15) is 9.90 Å². The van der Waals surface area contributed by atoms with Gasteiger partial charge in [0.25, 0.3) is 0 Å². The molecule has 1 N–H and O–H groups in total. The van der Waals surface area contributed by atoms with E-state index in [1.165, 1.54) is 48.2 Å². The summed E-state index contributed by atoms with van der Waals surface area (Å²) in [6, 6.07) is 2.19. The molecule has 2 heterocycles. The van der Waals surface area contributed by atoms with Crippen LogP contribution in [0.15, 0.2) is 11.6 Å². The second-order valence-corrected chi connectivity index (χ2v) is 10.7. The van der Waals surface area contributed by atoms with Crippen LogP contribution in [0, 0.1) is 11.8 Å². The van der Waals surface area contributed by atoms with Crippen molar-refractivity contribution in [1.29, 1.82) is 0 Å². The van der Waals surface area contributed by atoms with Crippen LogP contribution in [0.4, 0.5) is 0 Å². The normalized spacial score (nSPS) is 24.4. The number of carbonyl (C=O) groups is 1. The molecule has 1 aromatic heterocycles. The molecular weight excluding hydrogens is 380 g/mol. The van der Waals surface area contributed by atoms with Gasteiger partial charge in [0, 0.05) is 29.1 Å². The topological polar surface area (TPSA) is 43.8 Å². The molecule has 0 unspecified atom stereocenters. The fraction of sp³-hybridized carbons (Fsp3) is 0.708. The summed E-state index contributed by atoms with van der Waals surface area (Å²) in [4.78, 5) is 18.5. The van der Waals surface area contributed by atoms with Gasteiger partial charge in [-0.1, -0.05) is 26.7 Å². The first-order valence-electron chi connectivity index (χ1n) is 11.1. The van der Waals surface area contributed by atoms with Gasteiger partial charge in [-0.05, 0) is 82.8 Å². The lowest BCUT2D eigenvalue weighted by atomic mass is 9.75. The number of carboxylic acids is 1. The molecule has 162 valence electrons. The Labute approximate surface area is 180 Å². The molecule has 4 nitrogen and oxygen atoms in total. The van der Waals surface area contributed by atoms with Crippen LogP contribution in [0.5, 0.6) is 0 Å². The van der Waals surface area contributed by atoms with Gasteiger partial charge in [-0.15, -0.1) is 11.3 Å². The number of likely N-dealkylation sites (N-methyl/N-ethyl adjacent to an activating group) is 1. The Kier molecular flexibility index (Phi) is 6.91. The van der Waals surface area contributed by atoms with Gasteiger partial charge < -0.3 is 5.11 Å². The van der Waals surface area contributed by atoms with Crippen LogP contribution in [0.25, 0.3) is 5.57 Å². The third kappa shape index (κ3) is 4.62. The number of thiophene rings is 1. The van der Waals surface area contributed by atoms with Crippen LogP contribution in [-0.2, 0) is 5.54 Å². The molecule has 3 rings (SSSR count). The molecule has 1 saturated carbocycles. The molecule has 0 aromatic carbocycles. The first-order chi connectivity index (χ1) is 13.6. The Morgan fingerprint density at radius 1 is 1.28 bits per heavy atom. The van der Waals surface area contributed by atoms with Crippen molar-refractivity contribution in [2.45, 2.75) is 65.3 Å². The van der Waals surface area contributed by atoms with Crippen LogP contribution in [-0.4, -0.2) is 54.6 Å². The van der Waals surface area contributed by atoms with Crippen molar-refractivity contribution in [3.63, 3.8) is 0 Å². The number of aromatic carboxylic acids is 1. The highest BCUT2D eigenvalue weighted by Gasteiger charge is 2.33. The van der Waals surface area contributed by atoms with Crippen molar-refractivity contribution in [3.05, 3.63) is 27.0 Å². The van der Waals surface area contributed by atoms with Gasteiger partial charge in [0.15, 0.2) is 0 Å². The molecule has 0 amide bonds. The van der Waals surface area contributed by atoms with E-state index in [0.717, 1.165) is 42.4 Å². The SMILES string of the molecule is CCN1CCC(c2cc(C(C)(C)N(C)C)sc2C(=O)O)=C(C2CCC(C)CC2)C1. The minimum atomic E-state index is -0.784. The highest BCUT2D eigenvalue weighted by atomic mass is 32.1. The minimum Gasteiger partial charge on any atom is -0.477 e. The van der Waals surface area contributed by atoms with Gasteiger partial charge in [0.05, 0.1) is 0 Å². The first-order valence-corrected chi connectivity index (χ1v) is 12.0. The van der Waals surface area contributed by atoms with Gasteiger partial charge in [-0.2, -0.15) is 0 Å². The van der Waals surface area contributed by atoms with E-state index >= 15 is 0 Å². The number of rotatable bonds is 6. The summed E-state index contributed by atoms with van der Waals surface area (Å²) in [6.45, 7) is 12.0. The van der Waals surface area contributed by atoms with Gasteiger partial charge >= 0.3 is 5.97 Å². The molecule has 1 aliphatic heterocycles. The number of hydrogen-bond acceptors (Lipinski definition) is 4. The van der Waals surface area contributed by atoms with Crippen molar-refractivity contribution in [2.75, 3.05) is 33.7 Å². The summed E-state index contributed by atoms with van der Waals surface area (Å²) in [5, 5.41) is 10.0. The second kappa shape index (κ2) is 8.91. The lowest BCUT2D eigenvalue weighted by Gasteiger charge is -2.37. The average Bonchev–Trinajstić information content (AvgIpc) is 3.14. The molecule has 0 saturated heterocycles. The zero-order chi connectivity index (χ0) is 21.3. The van der Waals surface area contributed by atoms with Gasteiger partial charge in [-0.3, -0.25) is 9.80 Å². The van der Waals surface area contributed by atoms with Crippen molar-refractivity contribution in [1.82, 2.24) is 9.80 Å². The number of carboxylic acid groups (broad SMARTS) is 1. The Morgan fingerprint density at radius 2 is 1.93 bits per heavy atom. The van der Waals surface area contributed by atoms with Crippen LogP contribution in [0.3, 0.4) is 0 Å². The van der Waals surface area contributed by atoms with Gasteiger partial charge in [0.2, 0.25) is 0 Å². The summed E-state index contributed by atoms with van der Waals surface area (Å²) in [5.74, 6) is 0.652. The summed E-state index contributed by atoms with van der Waals surface area (Å²) >= 11 is 1.46. The van der Waals surface area contributed by atoms with Gasteiger partial charge in [0.1, 0.15) is 4.88 Å². The largest absolute Gasteiger partial charge is 0.477 e. The Morgan fingerprint density at radius 3 is 2.48 bits per heavy atom. The van der Waals surface area contributed by atoms with Crippen molar-refractivity contribution < 1.29 is 9.90 Å². The minimum absolute atomic E-state index is 0.182. The van der Waals surface area contributed by atoms with E-state index in [-0.39, 0.29) is 5.54 Å². The van der Waals surface area contributed by atoms with Crippen LogP contribution >= 0.6 is 11.3 Å². The lowest BCUT2D eigenvalue weighted by molar-refractivity contribution is 0.0702. The molecule has 0 spiro atoms. The zero-order valence-electron chi connectivity index (χ0n) is 19.0. The Balaban J connectivity index is 2.09. The van der Waals surface area contributed by atoms with E-state index in [1.54, 1.807) is 0 Å². The fourth-order valence-electron chi connectivity index (χ4n) is 4.70. The maximum Gasteiger partial charge on any atom is 0.346 e. The van der Waals surface area contributed by atoms with Crippen molar-refractivity contribution in [2.24, 2.45) is 11.8 Å². The maximum absolute atomic E-state index is 12.2. The average molecular weight is 419 g/mol. The number of nitrogens with zero attached hydrogens (tertiary/aromatic N) is 2. The summed E-state index contributed by atoms with van der Waals surface area (Å²) in [5.41, 5.74) is 3.68. The molecular formula is C24H38N2O2S. The maximum atomic E-state index is 12.2. The van der Waals surface area contributed by atoms with E-state index in [2.05, 4.69) is 57.7 Å². The molecule has 29 heavy (non-hydrogen) atoms. The third-order valence-corrected chi connectivity index (χ3v) is 8.82. The predicted octanol–water partition coefficient (Wildman–Crippen LogP) is 5.55. The molecule has 0 bridgehead atoms. The summed E-state index contributed by atoms with van der Waals surface area (Å²) < 4.78 is 0. The standard InChI is InChI=1S/C24H38N2O2S/c1-7-26-13-12-18(20(15-26)17-10-8-16(2)9-11-17)19-14-21(24(3,4)25(5)6)29-22(19)23(27)28/h14,16-17H,7-13,15H2,1-6H3,(H,27,28). The molecule has 1 aliphatic carbocycles. The van der Waals surface area contributed by atoms with Crippen LogP contribution in [0.2, 0.25) is 0 Å². The quantitative estimate of drug-likeness (QED) is 0.658. The van der Waals surface area contributed by atoms with Gasteiger partial charge in [-0.25, -0.2) is 4.79 Å². The third-order valence-electron chi connectivity index (χ3n) is 7.39. The van der Waals surface area contributed by atoms with Crippen molar-refractivity contribution in [3.8, 4) is 0 Å². The molecule has 0 radical (unpaired) electrons. The Hall–Kier alpha value is -1.17. The van der Waals surface area contributed by atoms with E-state index in [4.69, 9.17) is 0 Å². The highest BCUT2D eigenvalue weighted by molar-refractivity contribution is 7.14. The van der Waals surface area contributed by atoms with Crippen molar-refractivity contribution >= 4 is 22.9 Å². The molecule has 2 aliphatic rings. The molecule has 5 heteroatoms. The first kappa shape index (κ1) is 22.5. The fourth-order valence-corrected chi connectivity index (χ4v) is 5.91. The number of hydrogen-bond donors (Lipinski definition) is 1. The second-order valence-electron chi connectivity index (χ2n) is 9.69. The predicted molar refractivity (Wildman–Crippen MR) is 123 cm³/mol. The monoisotopic (exact) mass is 418 g/mol.